The normalized spacial score (nSPS) is 10.2. The molecule has 0 atom stereocenters. The average Bonchev–Trinajstić information content (AvgIpc) is 2.35. The lowest BCUT2D eigenvalue weighted by atomic mass is 10.0. The fraction of sp³-hybridized carbons (Fsp3) is 0.385. The Morgan fingerprint density at radius 1 is 1.11 bits per heavy atom. The van der Waals surface area contributed by atoms with Gasteiger partial charge in [-0.15, -0.1) is 0 Å². The maximum Gasteiger partial charge on any atom is 0.305 e. The van der Waals surface area contributed by atoms with Crippen LogP contribution in [-0.2, 0) is 20.7 Å². The number of ether oxygens (including phenoxy) is 1. The first-order chi connectivity index (χ1) is 8.54. The second-order valence-corrected chi connectivity index (χ2v) is 3.82. The fourth-order valence-corrected chi connectivity index (χ4v) is 1.50. The molecule has 3 nitrogen and oxygen atoms in total. The number of carbonyl (C=O) groups is 2. The Kier molecular flexibility index (Phi) is 5.42. The molecule has 0 aliphatic carbocycles. The fourth-order valence-electron chi connectivity index (χ4n) is 1.50. The van der Waals surface area contributed by atoms with Crippen molar-refractivity contribution in [3.05, 3.63) is 35.4 Å². The summed E-state index contributed by atoms with van der Waals surface area (Å²) in [6.07, 6.45) is 0.0329. The van der Waals surface area contributed by atoms with Crippen LogP contribution in [0.1, 0.15) is 24.8 Å². The number of hydrogen-bond acceptors (Lipinski definition) is 3. The Morgan fingerprint density at radius 3 is 2.28 bits per heavy atom. The van der Waals surface area contributed by atoms with Crippen LogP contribution in [0.4, 0.5) is 8.78 Å². The quantitative estimate of drug-likeness (QED) is 0.734. The lowest BCUT2D eigenvalue weighted by Crippen LogP contribution is -2.07. The monoisotopic (exact) mass is 256 g/mol. The zero-order valence-electron chi connectivity index (χ0n) is 10.0. The van der Waals surface area contributed by atoms with Gasteiger partial charge >= 0.3 is 5.97 Å². The third kappa shape index (κ3) is 4.24. The van der Waals surface area contributed by atoms with Gasteiger partial charge in [0, 0.05) is 18.4 Å². The van der Waals surface area contributed by atoms with E-state index in [1.54, 1.807) is 0 Å². The van der Waals surface area contributed by atoms with Gasteiger partial charge in [0.1, 0.15) is 17.4 Å². The van der Waals surface area contributed by atoms with Crippen LogP contribution in [0.15, 0.2) is 18.2 Å². The SMILES string of the molecule is COC(=O)CCC(=O)CCc1c(F)cccc1F. The Hall–Kier alpha value is -1.78. The summed E-state index contributed by atoms with van der Waals surface area (Å²) in [5.74, 6) is -2.00. The zero-order chi connectivity index (χ0) is 13.5. The van der Waals surface area contributed by atoms with Gasteiger partial charge in [0.25, 0.3) is 0 Å². The topological polar surface area (TPSA) is 43.4 Å². The van der Waals surface area contributed by atoms with E-state index in [2.05, 4.69) is 4.74 Å². The standard InChI is InChI=1S/C13H14F2O3/c1-18-13(17)8-6-9(16)5-7-10-11(14)3-2-4-12(10)15/h2-4H,5-8H2,1H3. The van der Waals surface area contributed by atoms with Crippen LogP contribution in [-0.4, -0.2) is 18.9 Å². The molecule has 18 heavy (non-hydrogen) atoms. The van der Waals surface area contributed by atoms with E-state index in [0.29, 0.717) is 0 Å². The van der Waals surface area contributed by atoms with Gasteiger partial charge in [-0.2, -0.15) is 0 Å². The number of esters is 1. The second-order valence-electron chi connectivity index (χ2n) is 3.82. The van der Waals surface area contributed by atoms with Crippen molar-refractivity contribution in [3.8, 4) is 0 Å². The molecule has 1 aromatic carbocycles. The van der Waals surface area contributed by atoms with Crippen molar-refractivity contribution < 1.29 is 23.1 Å². The zero-order valence-corrected chi connectivity index (χ0v) is 10.0. The number of methoxy groups -OCH3 is 1. The molecule has 98 valence electrons. The van der Waals surface area contributed by atoms with E-state index in [1.165, 1.54) is 13.2 Å². The number of halogens is 2. The third-order valence-electron chi connectivity index (χ3n) is 2.55. The first-order valence-corrected chi connectivity index (χ1v) is 5.56. The van der Waals surface area contributed by atoms with Crippen LogP contribution in [0, 0.1) is 11.6 Å². The van der Waals surface area contributed by atoms with Gasteiger partial charge in [0.15, 0.2) is 0 Å². The summed E-state index contributed by atoms with van der Waals surface area (Å²) in [6, 6.07) is 3.57. The van der Waals surface area contributed by atoms with Crippen molar-refractivity contribution in [1.29, 1.82) is 0 Å². The molecule has 1 aromatic rings. The van der Waals surface area contributed by atoms with Crippen molar-refractivity contribution in [1.82, 2.24) is 0 Å². The molecule has 0 radical (unpaired) electrons. The van der Waals surface area contributed by atoms with Crippen molar-refractivity contribution in [2.24, 2.45) is 0 Å². The van der Waals surface area contributed by atoms with E-state index in [9.17, 15) is 18.4 Å². The molecular formula is C13H14F2O3. The van der Waals surface area contributed by atoms with Gasteiger partial charge in [-0.1, -0.05) is 6.07 Å². The van der Waals surface area contributed by atoms with Crippen LogP contribution in [0.25, 0.3) is 0 Å². The summed E-state index contributed by atoms with van der Waals surface area (Å²) < 4.78 is 30.9. The minimum absolute atomic E-state index is 0.00148. The van der Waals surface area contributed by atoms with Crippen LogP contribution >= 0.6 is 0 Å². The Balaban J connectivity index is 2.45. The molecule has 1 rings (SSSR count). The predicted octanol–water partition coefficient (Wildman–Crippen LogP) is 2.42. The summed E-state index contributed by atoms with van der Waals surface area (Å²) in [4.78, 5) is 22.2. The van der Waals surface area contributed by atoms with Gasteiger partial charge < -0.3 is 4.74 Å². The molecular weight excluding hydrogens is 242 g/mol. The molecule has 0 aromatic heterocycles. The van der Waals surface area contributed by atoms with Crippen LogP contribution in [0.5, 0.6) is 0 Å². The maximum atomic E-state index is 13.2. The highest BCUT2D eigenvalue weighted by atomic mass is 19.1. The van der Waals surface area contributed by atoms with E-state index < -0.39 is 17.6 Å². The van der Waals surface area contributed by atoms with Gasteiger partial charge in [-0.05, 0) is 18.6 Å². The maximum absolute atomic E-state index is 13.2. The molecule has 0 saturated carbocycles. The predicted molar refractivity (Wildman–Crippen MR) is 60.9 cm³/mol. The van der Waals surface area contributed by atoms with Gasteiger partial charge in [-0.3, -0.25) is 9.59 Å². The molecule has 0 N–H and O–H groups in total. The largest absolute Gasteiger partial charge is 0.469 e. The number of ketones is 1. The highest BCUT2D eigenvalue weighted by Crippen LogP contribution is 2.14. The van der Waals surface area contributed by atoms with Crippen LogP contribution < -0.4 is 0 Å². The van der Waals surface area contributed by atoms with E-state index in [1.807, 2.05) is 0 Å². The summed E-state index contributed by atoms with van der Waals surface area (Å²) in [6.45, 7) is 0. The summed E-state index contributed by atoms with van der Waals surface area (Å²) in [5, 5.41) is 0. The molecule has 0 heterocycles. The highest BCUT2D eigenvalue weighted by Gasteiger charge is 2.12. The summed E-state index contributed by atoms with van der Waals surface area (Å²) >= 11 is 0. The van der Waals surface area contributed by atoms with Gasteiger partial charge in [0.05, 0.1) is 13.5 Å². The summed E-state index contributed by atoms with van der Waals surface area (Å²) in [7, 11) is 1.24. The van der Waals surface area contributed by atoms with Gasteiger partial charge in [-0.25, -0.2) is 8.78 Å². The van der Waals surface area contributed by atoms with Gasteiger partial charge in [0.2, 0.25) is 0 Å². The number of benzene rings is 1. The number of carbonyl (C=O) groups excluding carboxylic acids is 2. The van der Waals surface area contributed by atoms with E-state index in [0.717, 1.165) is 12.1 Å². The van der Waals surface area contributed by atoms with E-state index in [4.69, 9.17) is 0 Å². The highest BCUT2D eigenvalue weighted by molar-refractivity contribution is 5.83. The van der Waals surface area contributed by atoms with Crippen LogP contribution in [0.3, 0.4) is 0 Å². The lowest BCUT2D eigenvalue weighted by Gasteiger charge is -2.04. The number of rotatable bonds is 6. The average molecular weight is 256 g/mol. The Morgan fingerprint density at radius 2 is 1.72 bits per heavy atom. The van der Waals surface area contributed by atoms with Crippen molar-refractivity contribution in [2.45, 2.75) is 25.7 Å². The van der Waals surface area contributed by atoms with Crippen molar-refractivity contribution >= 4 is 11.8 Å². The molecule has 0 spiro atoms. The second kappa shape index (κ2) is 6.83. The van der Waals surface area contributed by atoms with E-state index in [-0.39, 0.29) is 37.0 Å². The van der Waals surface area contributed by atoms with Crippen LogP contribution in [0.2, 0.25) is 0 Å². The summed E-state index contributed by atoms with van der Waals surface area (Å²) in [5.41, 5.74) is -0.0936. The minimum atomic E-state index is -0.657. The molecule has 0 fully saturated rings. The smallest absolute Gasteiger partial charge is 0.305 e. The lowest BCUT2D eigenvalue weighted by molar-refractivity contribution is -0.141. The molecule has 5 heteroatoms. The molecule has 0 aliphatic rings. The molecule has 0 saturated heterocycles. The molecule has 0 bridgehead atoms. The minimum Gasteiger partial charge on any atom is -0.469 e. The van der Waals surface area contributed by atoms with Crippen molar-refractivity contribution in [3.63, 3.8) is 0 Å². The first kappa shape index (κ1) is 14.3. The Bertz CT molecular complexity index is 424. The van der Waals surface area contributed by atoms with Crippen molar-refractivity contribution in [2.75, 3.05) is 7.11 Å². The molecule has 0 aliphatic heterocycles. The third-order valence-corrected chi connectivity index (χ3v) is 2.55. The van der Waals surface area contributed by atoms with E-state index >= 15 is 0 Å². The number of hydrogen-bond donors (Lipinski definition) is 0. The molecule has 0 unspecified atom stereocenters. The number of Topliss-reactive ketones (excluding diaryl/α,β-unsaturated/α-hetero) is 1. The first-order valence-electron chi connectivity index (χ1n) is 5.56. The molecule has 0 amide bonds. The Labute approximate surface area is 104 Å².